The van der Waals surface area contributed by atoms with E-state index in [1.807, 2.05) is 6.92 Å². The lowest BCUT2D eigenvalue weighted by Gasteiger charge is -2.16. The van der Waals surface area contributed by atoms with E-state index < -0.39 is 0 Å². The lowest BCUT2D eigenvalue weighted by Crippen LogP contribution is -2.39. The Hall–Kier alpha value is -2.04. The lowest BCUT2D eigenvalue weighted by atomic mass is 9.99. The zero-order valence-corrected chi connectivity index (χ0v) is 14.7. The molecule has 0 aliphatic heterocycles. The number of esters is 1. The van der Waals surface area contributed by atoms with Gasteiger partial charge in [0, 0.05) is 26.6 Å². The summed E-state index contributed by atoms with van der Waals surface area (Å²) in [5.74, 6) is 1.01. The summed E-state index contributed by atoms with van der Waals surface area (Å²) in [6, 6.07) is 8.55. The fourth-order valence-electron chi connectivity index (χ4n) is 2.24. The highest BCUT2D eigenvalue weighted by atomic mass is 16.5. The molecule has 1 unspecified atom stereocenters. The van der Waals surface area contributed by atoms with E-state index in [2.05, 4.69) is 53.7 Å². The lowest BCUT2D eigenvalue weighted by molar-refractivity contribution is -0.143. The third-order valence-electron chi connectivity index (χ3n) is 3.57. The molecule has 2 N–H and O–H groups in total. The third-order valence-corrected chi connectivity index (χ3v) is 3.57. The molecule has 0 aromatic heterocycles. The maximum Gasteiger partial charge on any atom is 0.305 e. The third kappa shape index (κ3) is 7.68. The molecule has 1 atom stereocenters. The van der Waals surface area contributed by atoms with Gasteiger partial charge in [0.05, 0.1) is 6.61 Å². The molecule has 0 amide bonds. The number of benzene rings is 1. The molecular weight excluding hydrogens is 290 g/mol. The SMILES string of the molecule is CCOC(=O)CCCNC(=NC)NCC(C)c1cccc(C)c1. The van der Waals surface area contributed by atoms with Gasteiger partial charge in [-0.1, -0.05) is 36.8 Å². The Morgan fingerprint density at radius 3 is 2.78 bits per heavy atom. The molecule has 128 valence electrons. The minimum absolute atomic E-state index is 0.148. The summed E-state index contributed by atoms with van der Waals surface area (Å²) in [5.41, 5.74) is 2.59. The minimum Gasteiger partial charge on any atom is -0.466 e. The normalized spacial score (nSPS) is 12.6. The van der Waals surface area contributed by atoms with E-state index in [0.717, 1.165) is 18.9 Å². The van der Waals surface area contributed by atoms with Gasteiger partial charge in [-0.3, -0.25) is 9.79 Å². The predicted octanol–water partition coefficient (Wildman–Crippen LogP) is 2.61. The van der Waals surface area contributed by atoms with Crippen LogP contribution in [-0.4, -0.2) is 38.7 Å². The summed E-state index contributed by atoms with van der Waals surface area (Å²) >= 11 is 0. The minimum atomic E-state index is -0.148. The van der Waals surface area contributed by atoms with Crippen LogP contribution in [0.5, 0.6) is 0 Å². The number of aliphatic imine (C=N–C) groups is 1. The van der Waals surface area contributed by atoms with Crippen molar-refractivity contribution in [3.8, 4) is 0 Å². The molecule has 0 fully saturated rings. The summed E-state index contributed by atoms with van der Waals surface area (Å²) in [4.78, 5) is 15.5. The van der Waals surface area contributed by atoms with Crippen molar-refractivity contribution in [2.45, 2.75) is 39.5 Å². The molecule has 5 heteroatoms. The van der Waals surface area contributed by atoms with Gasteiger partial charge in [0.15, 0.2) is 5.96 Å². The number of hydrogen-bond acceptors (Lipinski definition) is 3. The first-order valence-corrected chi connectivity index (χ1v) is 8.23. The first kappa shape index (κ1) is 19.0. The Labute approximate surface area is 139 Å². The highest BCUT2D eigenvalue weighted by Crippen LogP contribution is 2.15. The van der Waals surface area contributed by atoms with Crippen molar-refractivity contribution >= 4 is 11.9 Å². The van der Waals surface area contributed by atoms with Gasteiger partial charge < -0.3 is 15.4 Å². The second-order valence-corrected chi connectivity index (χ2v) is 5.60. The Bertz CT molecular complexity index is 515. The Morgan fingerprint density at radius 2 is 2.13 bits per heavy atom. The van der Waals surface area contributed by atoms with Gasteiger partial charge in [-0.25, -0.2) is 0 Å². The number of carbonyl (C=O) groups excluding carboxylic acids is 1. The first-order chi connectivity index (χ1) is 11.1. The summed E-state index contributed by atoms with van der Waals surface area (Å²) < 4.78 is 4.90. The molecule has 0 aliphatic rings. The number of ether oxygens (including phenoxy) is 1. The Morgan fingerprint density at radius 1 is 1.35 bits per heavy atom. The maximum absolute atomic E-state index is 11.3. The van der Waals surface area contributed by atoms with E-state index in [4.69, 9.17) is 4.74 Å². The predicted molar refractivity (Wildman–Crippen MR) is 94.8 cm³/mol. The number of guanidine groups is 1. The van der Waals surface area contributed by atoms with E-state index in [1.54, 1.807) is 7.05 Å². The molecule has 0 spiro atoms. The van der Waals surface area contributed by atoms with Crippen molar-refractivity contribution < 1.29 is 9.53 Å². The van der Waals surface area contributed by atoms with E-state index in [9.17, 15) is 4.79 Å². The van der Waals surface area contributed by atoms with E-state index in [0.29, 0.717) is 25.5 Å². The van der Waals surface area contributed by atoms with Crippen LogP contribution in [0.3, 0.4) is 0 Å². The highest BCUT2D eigenvalue weighted by molar-refractivity contribution is 5.79. The quantitative estimate of drug-likeness (QED) is 0.335. The summed E-state index contributed by atoms with van der Waals surface area (Å²) in [6.07, 6.45) is 1.16. The molecule has 5 nitrogen and oxygen atoms in total. The largest absolute Gasteiger partial charge is 0.466 e. The second-order valence-electron chi connectivity index (χ2n) is 5.60. The van der Waals surface area contributed by atoms with Crippen molar-refractivity contribution in [1.29, 1.82) is 0 Å². The molecule has 1 aromatic rings. The highest BCUT2D eigenvalue weighted by Gasteiger charge is 2.07. The van der Waals surface area contributed by atoms with Gasteiger partial charge in [-0.2, -0.15) is 0 Å². The van der Waals surface area contributed by atoms with Crippen LogP contribution in [0.1, 0.15) is 43.7 Å². The van der Waals surface area contributed by atoms with Gasteiger partial charge in [0.25, 0.3) is 0 Å². The van der Waals surface area contributed by atoms with E-state index in [-0.39, 0.29) is 5.97 Å². The van der Waals surface area contributed by atoms with Gasteiger partial charge in [0.1, 0.15) is 0 Å². The average Bonchev–Trinajstić information content (AvgIpc) is 2.54. The summed E-state index contributed by atoms with van der Waals surface area (Å²) in [7, 11) is 1.75. The van der Waals surface area contributed by atoms with Crippen LogP contribution in [-0.2, 0) is 9.53 Å². The number of carbonyl (C=O) groups is 1. The van der Waals surface area contributed by atoms with Crippen LogP contribution < -0.4 is 10.6 Å². The number of hydrogen-bond donors (Lipinski definition) is 2. The number of nitrogens with zero attached hydrogens (tertiary/aromatic N) is 1. The number of aryl methyl sites for hydroxylation is 1. The molecule has 1 rings (SSSR count). The topological polar surface area (TPSA) is 62.7 Å². The molecular formula is C18H29N3O2. The van der Waals surface area contributed by atoms with E-state index >= 15 is 0 Å². The van der Waals surface area contributed by atoms with Crippen LogP contribution in [0.25, 0.3) is 0 Å². The maximum atomic E-state index is 11.3. The van der Waals surface area contributed by atoms with Gasteiger partial charge >= 0.3 is 5.97 Å². The van der Waals surface area contributed by atoms with Crippen molar-refractivity contribution in [3.05, 3.63) is 35.4 Å². The first-order valence-electron chi connectivity index (χ1n) is 8.23. The molecule has 0 saturated carbocycles. The summed E-state index contributed by atoms with van der Waals surface area (Å²) in [5, 5.41) is 6.54. The Balaban J connectivity index is 2.30. The van der Waals surface area contributed by atoms with Crippen LogP contribution >= 0.6 is 0 Å². The van der Waals surface area contributed by atoms with Crippen molar-refractivity contribution in [1.82, 2.24) is 10.6 Å². The number of rotatable bonds is 8. The van der Waals surface area contributed by atoms with Gasteiger partial charge in [0.2, 0.25) is 0 Å². The fourth-order valence-corrected chi connectivity index (χ4v) is 2.24. The molecule has 0 saturated heterocycles. The molecule has 0 aliphatic carbocycles. The smallest absolute Gasteiger partial charge is 0.305 e. The monoisotopic (exact) mass is 319 g/mol. The molecule has 0 bridgehead atoms. The van der Waals surface area contributed by atoms with Crippen LogP contribution in [0.2, 0.25) is 0 Å². The van der Waals surface area contributed by atoms with Gasteiger partial charge in [-0.05, 0) is 31.7 Å². The van der Waals surface area contributed by atoms with Crippen LogP contribution in [0, 0.1) is 6.92 Å². The number of nitrogens with one attached hydrogen (secondary N) is 2. The Kier molecular flexibility index (Phi) is 8.80. The van der Waals surface area contributed by atoms with Crippen LogP contribution in [0.15, 0.2) is 29.3 Å². The zero-order valence-electron chi connectivity index (χ0n) is 14.7. The second kappa shape index (κ2) is 10.6. The fraction of sp³-hybridized carbons (Fsp3) is 0.556. The van der Waals surface area contributed by atoms with Crippen LogP contribution in [0.4, 0.5) is 0 Å². The zero-order chi connectivity index (χ0) is 17.1. The average molecular weight is 319 g/mol. The van der Waals surface area contributed by atoms with Gasteiger partial charge in [-0.15, -0.1) is 0 Å². The standard InChI is InChI=1S/C18H29N3O2/c1-5-23-17(22)10-7-11-20-18(19-4)21-13-15(3)16-9-6-8-14(2)12-16/h6,8-9,12,15H,5,7,10-11,13H2,1-4H3,(H2,19,20,21). The molecule has 1 aromatic carbocycles. The van der Waals surface area contributed by atoms with Crippen molar-refractivity contribution in [3.63, 3.8) is 0 Å². The molecule has 0 heterocycles. The van der Waals surface area contributed by atoms with Crippen molar-refractivity contribution in [2.75, 3.05) is 26.7 Å². The van der Waals surface area contributed by atoms with Crippen molar-refractivity contribution in [2.24, 2.45) is 4.99 Å². The molecule has 0 radical (unpaired) electrons. The van der Waals surface area contributed by atoms with E-state index in [1.165, 1.54) is 11.1 Å². The molecule has 23 heavy (non-hydrogen) atoms. The summed E-state index contributed by atoms with van der Waals surface area (Å²) in [6.45, 7) is 8.05.